The molecule has 0 aliphatic rings. The summed E-state index contributed by atoms with van der Waals surface area (Å²) in [6, 6.07) is 0.687. The fourth-order valence-electron chi connectivity index (χ4n) is 1.60. The lowest BCUT2D eigenvalue weighted by Gasteiger charge is -2.24. The van der Waals surface area contributed by atoms with Crippen LogP contribution in [0.5, 0.6) is 0 Å². The second kappa shape index (κ2) is 7.43. The van der Waals surface area contributed by atoms with E-state index in [1.54, 1.807) is 6.55 Å². The summed E-state index contributed by atoms with van der Waals surface area (Å²) in [4.78, 5) is 21.9. The number of rotatable bonds is 7. The van der Waals surface area contributed by atoms with E-state index in [1.165, 1.54) is 13.8 Å². The van der Waals surface area contributed by atoms with Gasteiger partial charge in [-0.05, 0) is 6.42 Å². The van der Waals surface area contributed by atoms with E-state index in [9.17, 15) is 9.59 Å². The Bertz CT molecular complexity index is 224. The van der Waals surface area contributed by atoms with Gasteiger partial charge in [-0.1, -0.05) is 26.2 Å². The van der Waals surface area contributed by atoms with Crippen LogP contribution >= 0.6 is 0 Å². The number of carbonyl (C=O) groups excluding carboxylic acids is 2. The van der Waals surface area contributed by atoms with E-state index in [0.29, 0.717) is 6.04 Å². The van der Waals surface area contributed by atoms with Gasteiger partial charge in [-0.2, -0.15) is 0 Å². The van der Waals surface area contributed by atoms with Crippen LogP contribution in [0, 0.1) is 0 Å². The Hall–Kier alpha value is -0.843. The van der Waals surface area contributed by atoms with Crippen LogP contribution < -0.4 is 0 Å². The van der Waals surface area contributed by atoms with Gasteiger partial charge in [0, 0.05) is 26.4 Å². The van der Waals surface area contributed by atoms with E-state index in [2.05, 4.69) is 6.92 Å². The highest BCUT2D eigenvalue weighted by atomic mass is 28.4. The number of hydrogen-bond acceptors (Lipinski definition) is 4. The molecule has 0 bridgehead atoms. The third kappa shape index (κ3) is 7.45. The molecule has 94 valence electrons. The topological polar surface area (TPSA) is 52.6 Å². The molecule has 0 unspecified atom stereocenters. The summed E-state index contributed by atoms with van der Waals surface area (Å²) < 4.78 is 10.4. The smallest absolute Gasteiger partial charge is 0.461 e. The molecular weight excluding hydrogens is 224 g/mol. The molecule has 0 saturated heterocycles. The molecule has 0 aromatic heterocycles. The Morgan fingerprint density at radius 3 is 1.88 bits per heavy atom. The molecule has 5 heteroatoms. The first-order chi connectivity index (χ1) is 7.39. The van der Waals surface area contributed by atoms with Crippen LogP contribution in [0.3, 0.4) is 0 Å². The molecule has 0 heterocycles. The summed E-state index contributed by atoms with van der Waals surface area (Å²) in [7, 11) is -2.62. The Kier molecular flexibility index (Phi) is 7.04. The maximum Gasteiger partial charge on any atom is 0.461 e. The van der Waals surface area contributed by atoms with Crippen LogP contribution in [0.2, 0.25) is 12.6 Å². The maximum atomic E-state index is 11.0. The van der Waals surface area contributed by atoms with Gasteiger partial charge in [-0.15, -0.1) is 0 Å². The Morgan fingerprint density at radius 2 is 1.50 bits per heavy atom. The first kappa shape index (κ1) is 15.2. The first-order valence-corrected chi connectivity index (χ1v) is 8.31. The minimum absolute atomic E-state index is 0.370. The van der Waals surface area contributed by atoms with E-state index in [4.69, 9.17) is 8.85 Å². The lowest BCUT2D eigenvalue weighted by atomic mass is 10.2. The molecule has 0 saturated carbocycles. The van der Waals surface area contributed by atoms with Crippen LogP contribution in [0.25, 0.3) is 0 Å². The molecule has 0 aromatic carbocycles. The van der Waals surface area contributed by atoms with Crippen LogP contribution in [0.4, 0.5) is 0 Å². The highest BCUT2D eigenvalue weighted by molar-refractivity contribution is 6.69. The largest absolute Gasteiger partial charge is 0.485 e. The number of hydrogen-bond donors (Lipinski definition) is 0. The average molecular weight is 246 g/mol. The third-order valence-electron chi connectivity index (χ3n) is 2.20. The Balaban J connectivity index is 4.18. The van der Waals surface area contributed by atoms with Crippen molar-refractivity contribution < 1.29 is 18.4 Å². The molecule has 0 aromatic rings. The standard InChI is InChI=1S/C11H22O4Si/c1-5-6-7-8-9-16(4,14-10(2)12)15-11(3)13/h5-9H2,1-4H3. The van der Waals surface area contributed by atoms with Gasteiger partial charge >= 0.3 is 8.56 Å². The van der Waals surface area contributed by atoms with E-state index in [-0.39, 0.29) is 11.9 Å². The third-order valence-corrected chi connectivity index (χ3v) is 4.90. The second-order valence-corrected chi connectivity index (χ2v) is 7.31. The fourth-order valence-corrected chi connectivity index (χ4v) is 3.96. The van der Waals surface area contributed by atoms with Crippen LogP contribution in [0.15, 0.2) is 0 Å². The molecule has 0 rings (SSSR count). The van der Waals surface area contributed by atoms with Crippen LogP contribution in [-0.2, 0) is 18.4 Å². The minimum Gasteiger partial charge on any atom is -0.485 e. The van der Waals surface area contributed by atoms with Gasteiger partial charge in [0.1, 0.15) is 0 Å². The zero-order valence-electron chi connectivity index (χ0n) is 10.7. The summed E-state index contributed by atoms with van der Waals surface area (Å²) in [5.74, 6) is -0.739. The average Bonchev–Trinajstić information content (AvgIpc) is 2.09. The van der Waals surface area contributed by atoms with Crippen molar-refractivity contribution in [1.29, 1.82) is 0 Å². The van der Waals surface area contributed by atoms with Crippen molar-refractivity contribution in [2.45, 2.75) is 59.0 Å². The Morgan fingerprint density at radius 1 is 1.00 bits per heavy atom. The summed E-state index contributed by atoms with van der Waals surface area (Å²) >= 11 is 0. The molecule has 0 spiro atoms. The summed E-state index contributed by atoms with van der Waals surface area (Å²) in [5, 5.41) is 0. The van der Waals surface area contributed by atoms with Gasteiger partial charge in [0.25, 0.3) is 11.9 Å². The fraction of sp³-hybridized carbons (Fsp3) is 0.818. The SMILES string of the molecule is CCCCCC[Si](C)(OC(C)=O)OC(C)=O. The lowest BCUT2D eigenvalue weighted by molar-refractivity contribution is -0.138. The van der Waals surface area contributed by atoms with E-state index in [0.717, 1.165) is 25.7 Å². The predicted molar refractivity (Wildman–Crippen MR) is 64.1 cm³/mol. The molecule has 0 fully saturated rings. The number of carbonyl (C=O) groups is 2. The monoisotopic (exact) mass is 246 g/mol. The van der Waals surface area contributed by atoms with Gasteiger partial charge in [0.2, 0.25) is 0 Å². The lowest BCUT2D eigenvalue weighted by Crippen LogP contribution is -2.41. The number of unbranched alkanes of at least 4 members (excludes halogenated alkanes) is 3. The van der Waals surface area contributed by atoms with Crippen molar-refractivity contribution in [3.63, 3.8) is 0 Å². The summed E-state index contributed by atoms with van der Waals surface area (Å²) in [5.41, 5.74) is 0. The van der Waals surface area contributed by atoms with Gasteiger partial charge in [0.15, 0.2) is 0 Å². The summed E-state index contributed by atoms with van der Waals surface area (Å²) in [6.45, 7) is 6.60. The predicted octanol–water partition coefficient (Wildman–Crippen LogP) is 2.76. The maximum absolute atomic E-state index is 11.0. The van der Waals surface area contributed by atoms with E-state index >= 15 is 0 Å². The van der Waals surface area contributed by atoms with E-state index < -0.39 is 8.56 Å². The summed E-state index contributed by atoms with van der Waals surface area (Å²) in [6.07, 6.45) is 4.34. The molecule has 0 N–H and O–H groups in total. The van der Waals surface area contributed by atoms with Crippen molar-refractivity contribution in [1.82, 2.24) is 0 Å². The highest BCUT2D eigenvalue weighted by Crippen LogP contribution is 2.18. The molecule has 0 radical (unpaired) electrons. The van der Waals surface area contributed by atoms with Crippen molar-refractivity contribution in [2.75, 3.05) is 0 Å². The molecular formula is C11H22O4Si. The Labute approximate surface area is 98.6 Å². The highest BCUT2D eigenvalue weighted by Gasteiger charge is 2.37. The van der Waals surface area contributed by atoms with Crippen molar-refractivity contribution >= 4 is 20.5 Å². The molecule has 0 aliphatic carbocycles. The quantitative estimate of drug-likeness (QED) is 0.512. The van der Waals surface area contributed by atoms with Crippen molar-refractivity contribution in [2.24, 2.45) is 0 Å². The van der Waals surface area contributed by atoms with Gasteiger partial charge in [-0.3, -0.25) is 9.59 Å². The molecule has 0 amide bonds. The van der Waals surface area contributed by atoms with Crippen molar-refractivity contribution in [3.05, 3.63) is 0 Å². The van der Waals surface area contributed by atoms with E-state index in [1.807, 2.05) is 0 Å². The van der Waals surface area contributed by atoms with Crippen LogP contribution in [0.1, 0.15) is 46.5 Å². The molecule has 4 nitrogen and oxygen atoms in total. The zero-order chi connectivity index (χ0) is 12.6. The van der Waals surface area contributed by atoms with Gasteiger partial charge in [-0.25, -0.2) is 0 Å². The molecule has 0 aliphatic heterocycles. The van der Waals surface area contributed by atoms with Gasteiger partial charge < -0.3 is 8.85 Å². The zero-order valence-corrected chi connectivity index (χ0v) is 11.7. The molecule has 0 atom stereocenters. The van der Waals surface area contributed by atoms with Gasteiger partial charge in [0.05, 0.1) is 0 Å². The van der Waals surface area contributed by atoms with Crippen molar-refractivity contribution in [3.8, 4) is 0 Å². The second-order valence-electron chi connectivity index (χ2n) is 4.13. The molecule has 16 heavy (non-hydrogen) atoms. The first-order valence-electron chi connectivity index (χ1n) is 5.79. The normalized spacial score (nSPS) is 11.0. The minimum atomic E-state index is -2.62. The van der Waals surface area contributed by atoms with Crippen LogP contribution in [-0.4, -0.2) is 20.5 Å².